The van der Waals surface area contributed by atoms with Crippen LogP contribution in [0.25, 0.3) is 0 Å². The zero-order valence-corrected chi connectivity index (χ0v) is 12.8. The molecule has 2 heterocycles. The summed E-state index contributed by atoms with van der Waals surface area (Å²) in [5, 5.41) is 2.75. The Hall–Kier alpha value is -0.690. The van der Waals surface area contributed by atoms with Gasteiger partial charge in [0.1, 0.15) is 5.69 Å². The number of nitrogens with two attached hydrogens (primary N) is 1. The molecular weight excluding hydrogens is 286 g/mol. The topological polar surface area (TPSA) is 68.5 Å². The number of morpholine rings is 1. The standard InChI is InChI=1S/C12H19N3O2S.ClH/c1-8-5-17-6-9(2)15(8)12(16)10-7-18-11(14-10)3-4-13;/h7-9H,3-6,13H2,1-2H3;1H. The van der Waals surface area contributed by atoms with E-state index in [2.05, 4.69) is 4.98 Å². The molecule has 2 atom stereocenters. The molecule has 0 spiro atoms. The number of nitrogens with zero attached hydrogens (tertiary/aromatic N) is 2. The van der Waals surface area contributed by atoms with Crippen LogP contribution in [0.3, 0.4) is 0 Å². The lowest BCUT2D eigenvalue weighted by molar-refractivity contribution is -0.0252. The van der Waals surface area contributed by atoms with Crippen molar-refractivity contribution in [2.24, 2.45) is 5.73 Å². The van der Waals surface area contributed by atoms with Crippen molar-refractivity contribution < 1.29 is 9.53 Å². The number of aromatic nitrogens is 1. The second kappa shape index (κ2) is 7.19. The molecule has 2 rings (SSSR count). The third-order valence-corrected chi connectivity index (χ3v) is 3.94. The number of ether oxygens (including phenoxy) is 1. The molecule has 1 aliphatic heterocycles. The Morgan fingerprint density at radius 3 is 2.74 bits per heavy atom. The molecule has 2 N–H and O–H groups in total. The van der Waals surface area contributed by atoms with Gasteiger partial charge in [0.15, 0.2) is 0 Å². The molecule has 19 heavy (non-hydrogen) atoms. The van der Waals surface area contributed by atoms with E-state index in [1.54, 1.807) is 0 Å². The summed E-state index contributed by atoms with van der Waals surface area (Å²) < 4.78 is 5.43. The van der Waals surface area contributed by atoms with E-state index in [0.717, 1.165) is 11.4 Å². The molecule has 1 aliphatic rings. The minimum atomic E-state index is -0.00202. The predicted molar refractivity (Wildman–Crippen MR) is 78.0 cm³/mol. The van der Waals surface area contributed by atoms with E-state index in [0.29, 0.717) is 25.5 Å². The minimum absolute atomic E-state index is 0. The van der Waals surface area contributed by atoms with E-state index >= 15 is 0 Å². The average molecular weight is 306 g/mol. The van der Waals surface area contributed by atoms with Crippen LogP contribution in [0.15, 0.2) is 5.38 Å². The second-order valence-corrected chi connectivity index (χ2v) is 5.56. The number of carbonyl (C=O) groups is 1. The van der Waals surface area contributed by atoms with Crippen molar-refractivity contribution in [3.63, 3.8) is 0 Å². The highest BCUT2D eigenvalue weighted by Gasteiger charge is 2.31. The van der Waals surface area contributed by atoms with Crippen LogP contribution in [0, 0.1) is 0 Å². The Bertz CT molecular complexity index is 417. The molecule has 0 aliphatic carbocycles. The Balaban J connectivity index is 0.00000180. The van der Waals surface area contributed by atoms with Gasteiger partial charge in [-0.15, -0.1) is 23.7 Å². The van der Waals surface area contributed by atoms with E-state index in [1.165, 1.54) is 11.3 Å². The molecule has 5 nitrogen and oxygen atoms in total. The van der Waals surface area contributed by atoms with Crippen LogP contribution in [0.5, 0.6) is 0 Å². The molecule has 108 valence electrons. The van der Waals surface area contributed by atoms with Gasteiger partial charge in [0.2, 0.25) is 0 Å². The highest BCUT2D eigenvalue weighted by molar-refractivity contribution is 7.09. The summed E-state index contributed by atoms with van der Waals surface area (Å²) in [5.74, 6) is -0.00202. The molecule has 1 aromatic heterocycles. The summed E-state index contributed by atoms with van der Waals surface area (Å²) in [6.45, 7) is 5.75. The predicted octanol–water partition coefficient (Wildman–Crippen LogP) is 1.32. The van der Waals surface area contributed by atoms with Crippen LogP contribution < -0.4 is 5.73 Å². The van der Waals surface area contributed by atoms with E-state index in [-0.39, 0.29) is 30.4 Å². The number of hydrogen-bond donors (Lipinski definition) is 1. The molecule has 1 fully saturated rings. The largest absolute Gasteiger partial charge is 0.377 e. The summed E-state index contributed by atoms with van der Waals surface area (Å²) in [7, 11) is 0. The monoisotopic (exact) mass is 305 g/mol. The van der Waals surface area contributed by atoms with E-state index in [9.17, 15) is 4.79 Å². The molecule has 1 saturated heterocycles. The van der Waals surface area contributed by atoms with Crippen LogP contribution in [-0.2, 0) is 11.2 Å². The maximum absolute atomic E-state index is 12.4. The maximum atomic E-state index is 12.4. The van der Waals surface area contributed by atoms with Crippen LogP contribution in [0.4, 0.5) is 0 Å². The van der Waals surface area contributed by atoms with Gasteiger partial charge in [-0.25, -0.2) is 4.98 Å². The normalized spacial score (nSPS) is 23.0. The lowest BCUT2D eigenvalue weighted by atomic mass is 10.1. The number of amides is 1. The van der Waals surface area contributed by atoms with Crippen molar-refractivity contribution in [2.75, 3.05) is 19.8 Å². The SMILES string of the molecule is CC1COCC(C)N1C(=O)c1csc(CCN)n1.Cl. The van der Waals surface area contributed by atoms with E-state index < -0.39 is 0 Å². The number of thiazole rings is 1. The molecule has 0 bridgehead atoms. The minimum Gasteiger partial charge on any atom is -0.377 e. The lowest BCUT2D eigenvalue weighted by Gasteiger charge is -2.38. The quantitative estimate of drug-likeness (QED) is 0.914. The second-order valence-electron chi connectivity index (χ2n) is 4.61. The van der Waals surface area contributed by atoms with Gasteiger partial charge in [0.05, 0.1) is 30.3 Å². The molecule has 7 heteroatoms. The number of hydrogen-bond acceptors (Lipinski definition) is 5. The summed E-state index contributed by atoms with van der Waals surface area (Å²) in [5.41, 5.74) is 6.02. The third kappa shape index (κ3) is 3.66. The summed E-state index contributed by atoms with van der Waals surface area (Å²) >= 11 is 1.50. The lowest BCUT2D eigenvalue weighted by Crippen LogP contribution is -2.52. The molecule has 1 amide bonds. The average Bonchev–Trinajstić information content (AvgIpc) is 2.78. The van der Waals surface area contributed by atoms with Crippen molar-refractivity contribution in [1.82, 2.24) is 9.88 Å². The van der Waals surface area contributed by atoms with Gasteiger partial charge < -0.3 is 15.4 Å². The van der Waals surface area contributed by atoms with E-state index in [1.807, 2.05) is 24.1 Å². The number of rotatable bonds is 3. The summed E-state index contributed by atoms with van der Waals surface area (Å²) in [6.07, 6.45) is 0.728. The van der Waals surface area contributed by atoms with Gasteiger partial charge >= 0.3 is 0 Å². The van der Waals surface area contributed by atoms with Gasteiger partial charge in [0, 0.05) is 11.8 Å². The highest BCUT2D eigenvalue weighted by atomic mass is 35.5. The van der Waals surface area contributed by atoms with E-state index in [4.69, 9.17) is 10.5 Å². The van der Waals surface area contributed by atoms with Gasteiger partial charge in [-0.2, -0.15) is 0 Å². The zero-order chi connectivity index (χ0) is 13.1. The molecule has 0 aromatic carbocycles. The Morgan fingerprint density at radius 1 is 1.53 bits per heavy atom. The molecule has 0 radical (unpaired) electrons. The molecule has 1 aromatic rings. The van der Waals surface area contributed by atoms with Gasteiger partial charge in [-0.3, -0.25) is 4.79 Å². The smallest absolute Gasteiger partial charge is 0.273 e. The first-order valence-electron chi connectivity index (χ1n) is 6.18. The van der Waals surface area contributed by atoms with Crippen LogP contribution >= 0.6 is 23.7 Å². The number of halogens is 1. The summed E-state index contributed by atoms with van der Waals surface area (Å²) in [6, 6.07) is 0.196. The third-order valence-electron chi connectivity index (χ3n) is 3.03. The highest BCUT2D eigenvalue weighted by Crippen LogP contribution is 2.18. The number of carbonyl (C=O) groups excluding carboxylic acids is 1. The van der Waals surface area contributed by atoms with Gasteiger partial charge in [-0.1, -0.05) is 0 Å². The van der Waals surface area contributed by atoms with Crippen molar-refractivity contribution in [1.29, 1.82) is 0 Å². The Labute approximate surface area is 123 Å². The van der Waals surface area contributed by atoms with Crippen LogP contribution in [-0.4, -0.2) is 47.6 Å². The van der Waals surface area contributed by atoms with Crippen molar-refractivity contribution >= 4 is 29.7 Å². The Kier molecular flexibility index (Phi) is 6.19. The zero-order valence-electron chi connectivity index (χ0n) is 11.2. The fourth-order valence-corrected chi connectivity index (χ4v) is 2.97. The molecular formula is C12H20ClN3O2S. The first-order valence-corrected chi connectivity index (χ1v) is 7.06. The fourth-order valence-electron chi connectivity index (χ4n) is 2.18. The van der Waals surface area contributed by atoms with Gasteiger partial charge in [0.25, 0.3) is 5.91 Å². The van der Waals surface area contributed by atoms with Crippen molar-refractivity contribution in [3.8, 4) is 0 Å². The van der Waals surface area contributed by atoms with Crippen LogP contribution in [0.1, 0.15) is 29.3 Å². The molecule has 2 unspecified atom stereocenters. The van der Waals surface area contributed by atoms with Crippen molar-refractivity contribution in [2.45, 2.75) is 32.4 Å². The first kappa shape index (κ1) is 16.4. The van der Waals surface area contributed by atoms with Gasteiger partial charge in [-0.05, 0) is 20.4 Å². The Morgan fingerprint density at radius 2 is 2.16 bits per heavy atom. The van der Waals surface area contributed by atoms with Crippen LogP contribution in [0.2, 0.25) is 0 Å². The summed E-state index contributed by atoms with van der Waals surface area (Å²) in [4.78, 5) is 18.6. The first-order chi connectivity index (χ1) is 8.63. The molecule has 0 saturated carbocycles. The maximum Gasteiger partial charge on any atom is 0.273 e. The van der Waals surface area contributed by atoms with Crippen molar-refractivity contribution in [3.05, 3.63) is 16.1 Å². The fraction of sp³-hybridized carbons (Fsp3) is 0.667.